The van der Waals surface area contributed by atoms with Crippen molar-refractivity contribution < 1.29 is 46.2 Å². The van der Waals surface area contributed by atoms with Gasteiger partial charge < -0.3 is 30.3 Å². The molecule has 4 fully saturated rings. The maximum Gasteiger partial charge on any atom is 0.329 e. The van der Waals surface area contributed by atoms with Crippen molar-refractivity contribution in [3.63, 3.8) is 0 Å². The maximum atomic E-state index is 16.5. The number of nitrogens with one attached hydrogen (secondary N) is 2. The van der Waals surface area contributed by atoms with Crippen molar-refractivity contribution in [3.05, 3.63) is 105 Å². The predicted octanol–water partition coefficient (Wildman–Crippen LogP) is 8.67. The molecule has 5 amide bonds. The molecular weight excluding hydrogens is 992 g/mol. The quantitative estimate of drug-likeness (QED) is 0.0774. The SMILES string of the molecule is C#CCOc1ccc(C(N)=O)c(-c2c(Cl)c(F)cc3c2C(C)C(CNC2CCC(C(=O)N4CCC(CN5CCC(c6c(F)cc7c(N8CCC(=O)NC8=O)nn(C)c7c6F)CC5)CC4)CC2)(c2ccccc2)O3)c1F. The lowest BCUT2D eigenvalue weighted by Gasteiger charge is -2.40. The second-order valence-electron chi connectivity index (χ2n) is 20.7. The van der Waals surface area contributed by atoms with Crippen LogP contribution in [0.5, 0.6) is 11.5 Å². The Balaban J connectivity index is 0.740. The zero-order chi connectivity index (χ0) is 52.9. The van der Waals surface area contributed by atoms with Crippen molar-refractivity contribution in [2.24, 2.45) is 24.6 Å². The summed E-state index contributed by atoms with van der Waals surface area (Å²) in [6.07, 6.45) is 11.2. The minimum absolute atomic E-state index is 0.0368. The van der Waals surface area contributed by atoms with E-state index in [9.17, 15) is 19.2 Å². The lowest BCUT2D eigenvalue weighted by Crippen LogP contribution is -2.49. The Labute approximate surface area is 437 Å². The molecule has 0 bridgehead atoms. The van der Waals surface area contributed by atoms with Gasteiger partial charge in [-0.15, -0.1) is 6.42 Å². The number of halogens is 5. The van der Waals surface area contributed by atoms with E-state index in [0.717, 1.165) is 37.8 Å². The first kappa shape index (κ1) is 51.8. The topological polar surface area (TPSA) is 164 Å². The van der Waals surface area contributed by atoms with Gasteiger partial charge in [0.1, 0.15) is 29.5 Å². The molecule has 5 aromatic rings. The summed E-state index contributed by atoms with van der Waals surface area (Å²) in [4.78, 5) is 56.7. The number of primary amides is 1. The predicted molar refractivity (Wildman–Crippen MR) is 274 cm³/mol. The standard InChI is InChI=1S/C56H59ClF4N8O6/c1-4-26-74-41-15-14-37(52(62)71)46(49(41)60)47-44-31(2)56(35-8-6-5-7-9-35,75-42(44)28-40(59)48(47)57)30-63-36-12-10-34(11-13-36)54(72)68-23-16-32(17-24-68)29-67-21-18-33(19-22-67)45-39(58)27-38-51(50(45)61)66(3)65-53(38)69-25-20-43(70)64-55(69)73/h1,5-9,14-15,27-28,31-34,36,63H,10-13,16-26,29-30H2,2-3H3,(H2,62,71)(H,64,70,73). The van der Waals surface area contributed by atoms with Gasteiger partial charge in [-0.2, -0.15) is 5.10 Å². The summed E-state index contributed by atoms with van der Waals surface area (Å²) in [7, 11) is 1.56. The van der Waals surface area contributed by atoms with E-state index in [0.29, 0.717) is 63.3 Å². The maximum absolute atomic E-state index is 16.5. The molecule has 4 aromatic carbocycles. The van der Waals surface area contributed by atoms with Gasteiger partial charge in [0.05, 0.1) is 16.0 Å². The first-order chi connectivity index (χ1) is 36.1. The van der Waals surface area contributed by atoms with Crippen LogP contribution in [0.4, 0.5) is 28.2 Å². The number of carbonyl (C=O) groups is 4. The molecule has 1 saturated carbocycles. The smallest absolute Gasteiger partial charge is 0.329 e. The number of nitrogens with two attached hydrogens (primary N) is 1. The van der Waals surface area contributed by atoms with Crippen molar-refractivity contribution in [3.8, 4) is 35.0 Å². The van der Waals surface area contributed by atoms with E-state index >= 15 is 17.6 Å². The van der Waals surface area contributed by atoms with Crippen LogP contribution in [-0.4, -0.2) is 102 Å². The number of fused-ring (bicyclic) bond motifs is 2. The highest BCUT2D eigenvalue weighted by molar-refractivity contribution is 6.34. The van der Waals surface area contributed by atoms with Gasteiger partial charge in [0.15, 0.2) is 28.8 Å². The number of aromatic nitrogens is 2. The van der Waals surface area contributed by atoms with E-state index in [1.54, 1.807) is 7.05 Å². The summed E-state index contributed by atoms with van der Waals surface area (Å²) in [6, 6.07) is 13.8. The molecule has 5 heterocycles. The molecule has 5 aliphatic rings. The molecule has 75 heavy (non-hydrogen) atoms. The highest BCUT2D eigenvalue weighted by atomic mass is 35.5. The Bertz CT molecular complexity index is 3110. The Morgan fingerprint density at radius 3 is 2.32 bits per heavy atom. The van der Waals surface area contributed by atoms with Crippen LogP contribution >= 0.6 is 11.6 Å². The van der Waals surface area contributed by atoms with Crippen LogP contribution in [0.25, 0.3) is 22.0 Å². The van der Waals surface area contributed by atoms with E-state index in [4.69, 9.17) is 33.2 Å². The third kappa shape index (κ3) is 9.67. The Morgan fingerprint density at radius 1 is 0.920 bits per heavy atom. The Kier molecular flexibility index (Phi) is 14.6. The Morgan fingerprint density at radius 2 is 1.64 bits per heavy atom. The van der Waals surface area contributed by atoms with Crippen LogP contribution < -0.4 is 30.7 Å². The number of likely N-dealkylation sites (tertiary alicyclic amines) is 2. The number of nitrogens with zero attached hydrogens (tertiary/aromatic N) is 5. The number of urea groups is 1. The number of rotatable bonds is 13. The average Bonchev–Trinajstić information content (AvgIpc) is 3.88. The Hall–Kier alpha value is -6.68. The van der Waals surface area contributed by atoms with E-state index in [1.165, 1.54) is 33.8 Å². The van der Waals surface area contributed by atoms with Crippen LogP contribution in [0.3, 0.4) is 0 Å². The molecule has 394 valence electrons. The average molecular weight is 1050 g/mol. The summed E-state index contributed by atoms with van der Waals surface area (Å²) in [5.74, 6) is -2.70. The van der Waals surface area contributed by atoms with Gasteiger partial charge in [0.25, 0.3) is 0 Å². The molecule has 4 N–H and O–H groups in total. The van der Waals surface area contributed by atoms with Crippen molar-refractivity contribution >= 4 is 52.1 Å². The number of ether oxygens (including phenoxy) is 2. The monoisotopic (exact) mass is 1050 g/mol. The van der Waals surface area contributed by atoms with Crippen LogP contribution in [0, 0.1) is 47.4 Å². The number of piperidine rings is 2. The molecule has 0 radical (unpaired) electrons. The highest BCUT2D eigenvalue weighted by Gasteiger charge is 2.50. The normalized spacial score (nSPS) is 22.7. The lowest BCUT2D eigenvalue weighted by molar-refractivity contribution is -0.138. The molecule has 1 aliphatic carbocycles. The molecule has 4 aliphatic heterocycles. The number of terminal acetylenes is 1. The van der Waals surface area contributed by atoms with Crippen molar-refractivity contribution in [1.82, 2.24) is 30.2 Å². The van der Waals surface area contributed by atoms with Crippen LogP contribution in [0.2, 0.25) is 5.02 Å². The molecule has 3 saturated heterocycles. The number of aryl methyl sites for hydroxylation is 1. The molecular formula is C56H59ClF4N8O6. The number of hydrogen-bond donors (Lipinski definition) is 3. The van der Waals surface area contributed by atoms with Crippen LogP contribution in [0.15, 0.2) is 54.6 Å². The fourth-order valence-corrected chi connectivity index (χ4v) is 12.6. The molecule has 10 rings (SSSR count). The molecule has 2 unspecified atom stereocenters. The second kappa shape index (κ2) is 21.2. The number of anilines is 1. The number of hydrogen-bond acceptors (Lipinski definition) is 9. The number of benzene rings is 4. The molecule has 2 atom stereocenters. The van der Waals surface area contributed by atoms with E-state index in [2.05, 4.69) is 26.6 Å². The minimum Gasteiger partial charge on any atom is -0.480 e. The van der Waals surface area contributed by atoms with E-state index in [1.807, 2.05) is 42.2 Å². The number of carbonyl (C=O) groups excluding carboxylic acids is 4. The van der Waals surface area contributed by atoms with Gasteiger partial charge in [-0.1, -0.05) is 54.8 Å². The molecule has 1 aromatic heterocycles. The zero-order valence-corrected chi connectivity index (χ0v) is 42.6. The highest BCUT2D eigenvalue weighted by Crippen LogP contribution is 2.57. The van der Waals surface area contributed by atoms with Gasteiger partial charge >= 0.3 is 6.03 Å². The summed E-state index contributed by atoms with van der Waals surface area (Å²) >= 11 is 6.72. The largest absolute Gasteiger partial charge is 0.480 e. The van der Waals surface area contributed by atoms with E-state index < -0.39 is 57.7 Å². The third-order valence-corrected chi connectivity index (χ3v) is 16.7. The lowest BCUT2D eigenvalue weighted by atomic mass is 9.77. The summed E-state index contributed by atoms with van der Waals surface area (Å²) in [5.41, 5.74) is 5.39. The minimum atomic E-state index is -1.12. The fourth-order valence-electron chi connectivity index (χ4n) is 12.4. The molecule has 0 spiro atoms. The molecule has 14 nitrogen and oxygen atoms in total. The van der Waals surface area contributed by atoms with E-state index in [-0.39, 0.29) is 100 Å². The zero-order valence-electron chi connectivity index (χ0n) is 41.8. The van der Waals surface area contributed by atoms with Crippen LogP contribution in [0.1, 0.15) is 104 Å². The number of imide groups is 1. The summed E-state index contributed by atoms with van der Waals surface area (Å²) < 4.78 is 78.0. The van der Waals surface area contributed by atoms with Gasteiger partial charge in [-0.25, -0.2) is 22.4 Å². The second-order valence-corrected chi connectivity index (χ2v) is 21.0. The van der Waals surface area contributed by atoms with Gasteiger partial charge in [-0.3, -0.25) is 29.3 Å². The van der Waals surface area contributed by atoms with Crippen molar-refractivity contribution in [2.45, 2.75) is 88.2 Å². The third-order valence-electron chi connectivity index (χ3n) is 16.4. The fraction of sp³-hybridized carbons (Fsp3) is 0.446. The summed E-state index contributed by atoms with van der Waals surface area (Å²) in [5, 5.41) is 10.1. The van der Waals surface area contributed by atoms with Crippen molar-refractivity contribution in [1.29, 1.82) is 0 Å². The number of amides is 5. The first-order valence-electron chi connectivity index (χ1n) is 25.7. The van der Waals surface area contributed by atoms with Gasteiger partial charge in [-0.05, 0) is 100 Å². The van der Waals surface area contributed by atoms with Crippen LogP contribution in [-0.2, 0) is 22.2 Å². The van der Waals surface area contributed by atoms with Gasteiger partial charge in [0.2, 0.25) is 17.7 Å². The van der Waals surface area contributed by atoms with Gasteiger partial charge in [0, 0.05) is 92.4 Å². The first-order valence-corrected chi connectivity index (χ1v) is 26.1. The summed E-state index contributed by atoms with van der Waals surface area (Å²) in [6.45, 7) is 5.55. The molecule has 19 heteroatoms. The van der Waals surface area contributed by atoms with Crippen molar-refractivity contribution in [2.75, 3.05) is 57.3 Å².